The first-order valence-electron chi connectivity index (χ1n) is 4.45. The lowest BCUT2D eigenvalue weighted by Crippen LogP contribution is -2.49. The SMILES string of the molecule is CONC1CCCCC1NOC. The zero-order chi connectivity index (χ0) is 8.81. The molecule has 0 aromatic rings. The molecule has 4 heteroatoms. The van der Waals surface area contributed by atoms with E-state index in [1.54, 1.807) is 14.2 Å². The van der Waals surface area contributed by atoms with Crippen LogP contribution in [0.5, 0.6) is 0 Å². The first-order chi connectivity index (χ1) is 5.88. The van der Waals surface area contributed by atoms with Crippen molar-refractivity contribution in [2.45, 2.75) is 37.8 Å². The Morgan fingerprint density at radius 1 is 0.917 bits per heavy atom. The number of rotatable bonds is 4. The van der Waals surface area contributed by atoms with E-state index in [-0.39, 0.29) is 0 Å². The Labute approximate surface area is 73.5 Å². The van der Waals surface area contributed by atoms with Crippen molar-refractivity contribution in [1.29, 1.82) is 0 Å². The van der Waals surface area contributed by atoms with Crippen molar-refractivity contribution >= 4 is 0 Å². The topological polar surface area (TPSA) is 42.5 Å². The van der Waals surface area contributed by atoms with Gasteiger partial charge in [0.15, 0.2) is 0 Å². The van der Waals surface area contributed by atoms with Gasteiger partial charge >= 0.3 is 0 Å². The van der Waals surface area contributed by atoms with E-state index in [2.05, 4.69) is 11.0 Å². The van der Waals surface area contributed by atoms with Gasteiger partial charge in [0, 0.05) is 12.1 Å². The van der Waals surface area contributed by atoms with E-state index in [0.717, 1.165) is 12.8 Å². The molecule has 0 saturated heterocycles. The normalized spacial score (nSPS) is 30.5. The van der Waals surface area contributed by atoms with Crippen molar-refractivity contribution in [3.05, 3.63) is 0 Å². The summed E-state index contributed by atoms with van der Waals surface area (Å²) in [4.78, 5) is 9.82. The molecule has 0 bridgehead atoms. The molecule has 0 spiro atoms. The van der Waals surface area contributed by atoms with Gasteiger partial charge in [0.2, 0.25) is 0 Å². The van der Waals surface area contributed by atoms with Gasteiger partial charge in [0.1, 0.15) is 0 Å². The van der Waals surface area contributed by atoms with E-state index in [1.165, 1.54) is 12.8 Å². The predicted octanol–water partition coefficient (Wildman–Crippen LogP) is 0.600. The summed E-state index contributed by atoms with van der Waals surface area (Å²) in [6.45, 7) is 0. The van der Waals surface area contributed by atoms with E-state index < -0.39 is 0 Å². The molecule has 0 aromatic heterocycles. The fourth-order valence-electron chi connectivity index (χ4n) is 1.72. The van der Waals surface area contributed by atoms with Crippen LogP contribution in [0, 0.1) is 0 Å². The van der Waals surface area contributed by atoms with Gasteiger partial charge < -0.3 is 9.68 Å². The smallest absolute Gasteiger partial charge is 0.0572 e. The van der Waals surface area contributed by atoms with E-state index in [4.69, 9.17) is 9.68 Å². The Morgan fingerprint density at radius 2 is 1.33 bits per heavy atom. The highest BCUT2D eigenvalue weighted by molar-refractivity contribution is 4.81. The predicted molar refractivity (Wildman–Crippen MR) is 46.3 cm³/mol. The molecule has 0 aromatic carbocycles. The molecule has 0 heterocycles. The molecule has 0 amide bonds. The lowest BCUT2D eigenvalue weighted by Gasteiger charge is -2.30. The summed E-state index contributed by atoms with van der Waals surface area (Å²) in [5.41, 5.74) is 5.95. The molecule has 72 valence electrons. The molecule has 1 aliphatic rings. The van der Waals surface area contributed by atoms with Crippen LogP contribution in [0.2, 0.25) is 0 Å². The lowest BCUT2D eigenvalue weighted by molar-refractivity contribution is -0.0125. The van der Waals surface area contributed by atoms with Gasteiger partial charge in [-0.05, 0) is 12.8 Å². The first-order valence-corrected chi connectivity index (χ1v) is 4.45. The third-order valence-corrected chi connectivity index (χ3v) is 2.30. The van der Waals surface area contributed by atoms with Gasteiger partial charge in [0.05, 0.1) is 14.2 Å². The third-order valence-electron chi connectivity index (χ3n) is 2.30. The molecule has 2 unspecified atom stereocenters. The van der Waals surface area contributed by atoms with Crippen molar-refractivity contribution in [2.75, 3.05) is 14.2 Å². The van der Waals surface area contributed by atoms with Crippen LogP contribution in [0.3, 0.4) is 0 Å². The lowest BCUT2D eigenvalue weighted by atomic mass is 9.91. The minimum atomic E-state index is 0.378. The summed E-state index contributed by atoms with van der Waals surface area (Å²) >= 11 is 0. The Bertz CT molecular complexity index is 104. The molecule has 0 aliphatic heterocycles. The second kappa shape index (κ2) is 5.48. The van der Waals surface area contributed by atoms with Crippen LogP contribution in [0.4, 0.5) is 0 Å². The first kappa shape index (κ1) is 9.92. The summed E-state index contributed by atoms with van der Waals surface area (Å²) in [6.07, 6.45) is 4.83. The molecule has 0 radical (unpaired) electrons. The van der Waals surface area contributed by atoms with Crippen LogP contribution in [0.15, 0.2) is 0 Å². The van der Waals surface area contributed by atoms with E-state index >= 15 is 0 Å². The highest BCUT2D eigenvalue weighted by atomic mass is 16.6. The van der Waals surface area contributed by atoms with Gasteiger partial charge in [-0.3, -0.25) is 0 Å². The van der Waals surface area contributed by atoms with Gasteiger partial charge in [-0.2, -0.15) is 11.0 Å². The Morgan fingerprint density at radius 3 is 1.67 bits per heavy atom. The van der Waals surface area contributed by atoms with Crippen LogP contribution >= 0.6 is 0 Å². The average molecular weight is 174 g/mol. The Balaban J connectivity index is 2.31. The quantitative estimate of drug-likeness (QED) is 0.612. The van der Waals surface area contributed by atoms with Gasteiger partial charge in [-0.25, -0.2) is 0 Å². The zero-order valence-corrected chi connectivity index (χ0v) is 7.80. The third kappa shape index (κ3) is 2.71. The van der Waals surface area contributed by atoms with Crippen LogP contribution in [-0.4, -0.2) is 26.3 Å². The van der Waals surface area contributed by atoms with Crippen molar-refractivity contribution in [3.8, 4) is 0 Å². The second-order valence-corrected chi connectivity index (χ2v) is 3.14. The summed E-state index contributed by atoms with van der Waals surface area (Å²) in [7, 11) is 3.30. The number of hydrogen-bond acceptors (Lipinski definition) is 4. The average Bonchev–Trinajstić information content (AvgIpc) is 2.09. The fourth-order valence-corrected chi connectivity index (χ4v) is 1.72. The molecule has 1 saturated carbocycles. The van der Waals surface area contributed by atoms with Crippen molar-refractivity contribution in [1.82, 2.24) is 11.0 Å². The molecule has 1 fully saturated rings. The standard InChI is InChI=1S/C8H18N2O2/c1-11-9-7-5-3-4-6-8(7)10-12-2/h7-10H,3-6H2,1-2H3. The highest BCUT2D eigenvalue weighted by Crippen LogP contribution is 2.18. The number of hydroxylamine groups is 2. The van der Waals surface area contributed by atoms with Crippen molar-refractivity contribution in [3.63, 3.8) is 0 Å². The van der Waals surface area contributed by atoms with Crippen LogP contribution in [0.25, 0.3) is 0 Å². The summed E-state index contributed by atoms with van der Waals surface area (Å²) in [5, 5.41) is 0. The number of hydrogen-bond donors (Lipinski definition) is 2. The molecular weight excluding hydrogens is 156 g/mol. The maximum absolute atomic E-state index is 4.91. The molecule has 4 nitrogen and oxygen atoms in total. The van der Waals surface area contributed by atoms with E-state index in [0.29, 0.717) is 12.1 Å². The fraction of sp³-hybridized carbons (Fsp3) is 1.00. The van der Waals surface area contributed by atoms with Crippen LogP contribution < -0.4 is 11.0 Å². The molecule has 2 N–H and O–H groups in total. The van der Waals surface area contributed by atoms with Crippen molar-refractivity contribution in [2.24, 2.45) is 0 Å². The molecule has 1 rings (SSSR count). The maximum Gasteiger partial charge on any atom is 0.0572 e. The van der Waals surface area contributed by atoms with Gasteiger partial charge in [-0.1, -0.05) is 12.8 Å². The Kier molecular flexibility index (Phi) is 4.53. The van der Waals surface area contributed by atoms with Crippen LogP contribution in [0.1, 0.15) is 25.7 Å². The minimum Gasteiger partial charge on any atom is -0.305 e. The van der Waals surface area contributed by atoms with Gasteiger partial charge in [0.25, 0.3) is 0 Å². The molecule has 1 aliphatic carbocycles. The monoisotopic (exact) mass is 174 g/mol. The van der Waals surface area contributed by atoms with E-state index in [1.807, 2.05) is 0 Å². The zero-order valence-electron chi connectivity index (χ0n) is 7.80. The molecule has 2 atom stereocenters. The summed E-state index contributed by atoms with van der Waals surface area (Å²) in [6, 6.07) is 0.757. The number of nitrogens with one attached hydrogen (secondary N) is 2. The minimum absolute atomic E-state index is 0.378. The highest BCUT2D eigenvalue weighted by Gasteiger charge is 2.24. The molecular formula is C8H18N2O2. The van der Waals surface area contributed by atoms with Crippen molar-refractivity contribution < 1.29 is 9.68 Å². The summed E-state index contributed by atoms with van der Waals surface area (Å²) < 4.78 is 0. The molecule has 12 heavy (non-hydrogen) atoms. The van der Waals surface area contributed by atoms with E-state index in [9.17, 15) is 0 Å². The largest absolute Gasteiger partial charge is 0.305 e. The Hall–Kier alpha value is -0.160. The maximum atomic E-state index is 4.91. The van der Waals surface area contributed by atoms with Crippen LogP contribution in [-0.2, 0) is 9.68 Å². The second-order valence-electron chi connectivity index (χ2n) is 3.14. The summed E-state index contributed by atoms with van der Waals surface area (Å²) in [5.74, 6) is 0. The van der Waals surface area contributed by atoms with Gasteiger partial charge in [-0.15, -0.1) is 0 Å².